The highest BCUT2D eigenvalue weighted by Crippen LogP contribution is 2.21. The number of aryl methyl sites for hydroxylation is 2. The molecule has 0 fully saturated rings. The molecule has 0 spiro atoms. The van der Waals surface area contributed by atoms with Crippen LogP contribution in [0.2, 0.25) is 0 Å². The summed E-state index contributed by atoms with van der Waals surface area (Å²) in [6.45, 7) is 2.04. The fourth-order valence-electron chi connectivity index (χ4n) is 2.91. The van der Waals surface area contributed by atoms with Crippen LogP contribution in [-0.4, -0.2) is 25.7 Å². The van der Waals surface area contributed by atoms with Crippen LogP contribution in [0.3, 0.4) is 0 Å². The van der Waals surface area contributed by atoms with Crippen molar-refractivity contribution in [1.29, 1.82) is 0 Å². The first-order chi connectivity index (χ1) is 13.7. The minimum atomic E-state index is -0.110. The van der Waals surface area contributed by atoms with Gasteiger partial charge in [-0.25, -0.2) is 14.6 Å². The maximum atomic E-state index is 12.1. The summed E-state index contributed by atoms with van der Waals surface area (Å²) in [7, 11) is 0. The van der Waals surface area contributed by atoms with E-state index in [0.717, 1.165) is 16.6 Å². The highest BCUT2D eigenvalue weighted by atomic mass is 16.2. The predicted molar refractivity (Wildman–Crippen MR) is 108 cm³/mol. The Morgan fingerprint density at radius 2 is 1.82 bits per heavy atom. The largest absolute Gasteiger partial charge is 0.281 e. The Morgan fingerprint density at radius 1 is 1.04 bits per heavy atom. The average molecular weight is 372 g/mol. The van der Waals surface area contributed by atoms with Gasteiger partial charge in [0.25, 0.3) is 0 Å². The number of carbonyl (C=O) groups is 1. The van der Waals surface area contributed by atoms with Gasteiger partial charge in [0.1, 0.15) is 6.33 Å². The summed E-state index contributed by atoms with van der Waals surface area (Å²) in [6.07, 6.45) is 4.20. The average Bonchev–Trinajstić information content (AvgIpc) is 3.17. The Hall–Kier alpha value is -3.74. The second-order valence-corrected chi connectivity index (χ2v) is 6.51. The topological polar surface area (TPSA) is 84.7 Å². The van der Waals surface area contributed by atoms with Gasteiger partial charge < -0.3 is 0 Å². The number of anilines is 1. The third-order valence-corrected chi connectivity index (χ3v) is 4.45. The van der Waals surface area contributed by atoms with E-state index in [-0.39, 0.29) is 5.91 Å². The molecule has 0 saturated carbocycles. The van der Waals surface area contributed by atoms with Crippen molar-refractivity contribution in [2.75, 3.05) is 5.43 Å². The quantitative estimate of drug-likeness (QED) is 0.508. The van der Waals surface area contributed by atoms with Gasteiger partial charge in [-0.1, -0.05) is 48.0 Å². The van der Waals surface area contributed by atoms with Crippen LogP contribution in [0.25, 0.3) is 16.7 Å². The first-order valence-corrected chi connectivity index (χ1v) is 9.05. The molecule has 7 heteroatoms. The predicted octanol–water partition coefficient (Wildman–Crippen LogP) is 3.20. The molecule has 0 saturated heterocycles. The molecule has 4 aromatic rings. The maximum absolute atomic E-state index is 12.1. The van der Waals surface area contributed by atoms with E-state index in [1.807, 2.05) is 61.5 Å². The van der Waals surface area contributed by atoms with Gasteiger partial charge in [-0.15, -0.1) is 0 Å². The van der Waals surface area contributed by atoms with E-state index in [9.17, 15) is 4.79 Å². The summed E-state index contributed by atoms with van der Waals surface area (Å²) in [5.41, 5.74) is 9.48. The van der Waals surface area contributed by atoms with E-state index in [0.29, 0.717) is 24.3 Å². The summed E-state index contributed by atoms with van der Waals surface area (Å²) in [5, 5.41) is 5.15. The molecule has 0 unspecified atom stereocenters. The van der Waals surface area contributed by atoms with Crippen LogP contribution in [0.5, 0.6) is 0 Å². The summed E-state index contributed by atoms with van der Waals surface area (Å²) >= 11 is 0. The summed E-state index contributed by atoms with van der Waals surface area (Å²) < 4.78 is 1.75. The van der Waals surface area contributed by atoms with Gasteiger partial charge in [-0.2, -0.15) is 5.10 Å². The highest BCUT2D eigenvalue weighted by molar-refractivity contribution is 5.88. The van der Waals surface area contributed by atoms with Crippen molar-refractivity contribution in [2.45, 2.75) is 19.8 Å². The van der Waals surface area contributed by atoms with Crippen LogP contribution in [0.15, 0.2) is 67.1 Å². The standard InChI is InChI=1S/C21H20N6O/c1-15-7-10-17(11-8-15)27-21-18(13-24-27)20(22-14-23-21)26-25-19(28)12-9-16-5-3-2-4-6-16/h2-8,10-11,13-14H,9,12H2,1H3,(H,25,28)(H,22,23,26). The molecule has 2 heterocycles. The van der Waals surface area contributed by atoms with Crippen LogP contribution in [-0.2, 0) is 11.2 Å². The molecule has 0 atom stereocenters. The number of benzene rings is 2. The first kappa shape index (κ1) is 17.7. The summed E-state index contributed by atoms with van der Waals surface area (Å²) in [5.74, 6) is 0.401. The number of amides is 1. The molecule has 2 aromatic heterocycles. The number of hydrogen-bond acceptors (Lipinski definition) is 5. The minimum Gasteiger partial charge on any atom is -0.281 e. The van der Waals surface area contributed by atoms with E-state index in [1.54, 1.807) is 10.9 Å². The van der Waals surface area contributed by atoms with Crippen LogP contribution in [0.4, 0.5) is 5.82 Å². The lowest BCUT2D eigenvalue weighted by molar-refractivity contribution is -0.120. The second kappa shape index (κ2) is 7.87. The molecule has 2 N–H and O–H groups in total. The third kappa shape index (κ3) is 3.83. The maximum Gasteiger partial charge on any atom is 0.238 e. The van der Waals surface area contributed by atoms with Gasteiger partial charge in [0.05, 0.1) is 17.3 Å². The fourth-order valence-corrected chi connectivity index (χ4v) is 2.91. The van der Waals surface area contributed by atoms with Crippen molar-refractivity contribution < 1.29 is 4.79 Å². The molecule has 0 radical (unpaired) electrons. The number of aromatic nitrogens is 4. The van der Waals surface area contributed by atoms with Gasteiger partial charge >= 0.3 is 0 Å². The van der Waals surface area contributed by atoms with Crippen molar-refractivity contribution >= 4 is 22.8 Å². The molecule has 2 aromatic carbocycles. The number of rotatable bonds is 6. The Labute approximate surface area is 162 Å². The normalized spacial score (nSPS) is 10.8. The number of hydrazine groups is 1. The lowest BCUT2D eigenvalue weighted by Crippen LogP contribution is -2.30. The van der Waals surface area contributed by atoms with Gasteiger partial charge in [-0.05, 0) is 31.0 Å². The molecule has 0 aliphatic rings. The molecule has 140 valence electrons. The van der Waals surface area contributed by atoms with Gasteiger partial charge in [0, 0.05) is 6.42 Å². The Kier molecular flexibility index (Phi) is 4.97. The summed E-state index contributed by atoms with van der Waals surface area (Å²) in [4.78, 5) is 20.7. The molecular formula is C21H20N6O. The van der Waals surface area contributed by atoms with Gasteiger partial charge in [0.15, 0.2) is 11.5 Å². The SMILES string of the molecule is Cc1ccc(-n2ncc3c(NNC(=O)CCc4ccccc4)ncnc32)cc1. The third-order valence-electron chi connectivity index (χ3n) is 4.45. The fraction of sp³-hybridized carbons (Fsp3) is 0.143. The van der Waals surface area contributed by atoms with Crippen LogP contribution in [0.1, 0.15) is 17.5 Å². The Balaban J connectivity index is 1.46. The van der Waals surface area contributed by atoms with Crippen LogP contribution in [0, 0.1) is 6.92 Å². The molecule has 0 aliphatic carbocycles. The minimum absolute atomic E-state index is 0.110. The second-order valence-electron chi connectivity index (χ2n) is 6.51. The lowest BCUT2D eigenvalue weighted by Gasteiger charge is -2.09. The lowest BCUT2D eigenvalue weighted by atomic mass is 10.1. The van der Waals surface area contributed by atoms with Crippen molar-refractivity contribution in [1.82, 2.24) is 25.2 Å². The van der Waals surface area contributed by atoms with Crippen molar-refractivity contribution in [3.63, 3.8) is 0 Å². The molecule has 0 bridgehead atoms. The molecule has 0 aliphatic heterocycles. The van der Waals surface area contributed by atoms with E-state index in [2.05, 4.69) is 25.9 Å². The zero-order valence-electron chi connectivity index (χ0n) is 15.5. The zero-order valence-corrected chi connectivity index (χ0v) is 15.5. The number of nitrogens with one attached hydrogen (secondary N) is 2. The monoisotopic (exact) mass is 372 g/mol. The molecule has 28 heavy (non-hydrogen) atoms. The highest BCUT2D eigenvalue weighted by Gasteiger charge is 2.11. The number of hydrogen-bond donors (Lipinski definition) is 2. The number of carbonyl (C=O) groups excluding carboxylic acids is 1. The van der Waals surface area contributed by atoms with E-state index >= 15 is 0 Å². The number of nitrogens with zero attached hydrogens (tertiary/aromatic N) is 4. The Morgan fingerprint density at radius 3 is 2.61 bits per heavy atom. The van der Waals surface area contributed by atoms with Gasteiger partial charge in [0.2, 0.25) is 5.91 Å². The molecule has 4 rings (SSSR count). The van der Waals surface area contributed by atoms with Crippen LogP contribution >= 0.6 is 0 Å². The van der Waals surface area contributed by atoms with Gasteiger partial charge in [-0.3, -0.25) is 15.6 Å². The van der Waals surface area contributed by atoms with Crippen molar-refractivity contribution in [2.24, 2.45) is 0 Å². The van der Waals surface area contributed by atoms with E-state index in [1.165, 1.54) is 11.9 Å². The zero-order chi connectivity index (χ0) is 19.3. The Bertz CT molecular complexity index is 1090. The van der Waals surface area contributed by atoms with Crippen molar-refractivity contribution in [3.8, 4) is 5.69 Å². The molecule has 1 amide bonds. The summed E-state index contributed by atoms with van der Waals surface area (Å²) in [6, 6.07) is 17.9. The number of fused-ring (bicyclic) bond motifs is 1. The van der Waals surface area contributed by atoms with E-state index < -0.39 is 0 Å². The van der Waals surface area contributed by atoms with Crippen molar-refractivity contribution in [3.05, 3.63) is 78.2 Å². The van der Waals surface area contributed by atoms with E-state index in [4.69, 9.17) is 0 Å². The molecule has 7 nitrogen and oxygen atoms in total. The smallest absolute Gasteiger partial charge is 0.238 e. The van der Waals surface area contributed by atoms with Crippen LogP contribution < -0.4 is 10.9 Å². The first-order valence-electron chi connectivity index (χ1n) is 9.05. The molecular weight excluding hydrogens is 352 g/mol.